The van der Waals surface area contributed by atoms with E-state index >= 15 is 0 Å². The number of carbonyl (C=O) groups excluding carboxylic acids is 1. The van der Waals surface area contributed by atoms with Crippen LogP contribution in [0.3, 0.4) is 0 Å². The van der Waals surface area contributed by atoms with E-state index in [4.69, 9.17) is 0 Å². The number of benzene rings is 1. The molecule has 2 heterocycles. The molecule has 2 aliphatic heterocycles. The average molecular weight is 337 g/mol. The number of nitrogens with one attached hydrogen (secondary N) is 1. The first-order valence-corrected chi connectivity index (χ1v) is 9.50. The third-order valence-electron chi connectivity index (χ3n) is 4.64. The highest BCUT2D eigenvalue weighted by atomic mass is 32.2. The number of fused-ring (bicyclic) bond motifs is 1. The van der Waals surface area contributed by atoms with Crippen LogP contribution < -0.4 is 5.32 Å². The van der Waals surface area contributed by atoms with Crippen LogP contribution in [0.4, 0.5) is 0 Å². The van der Waals surface area contributed by atoms with E-state index in [2.05, 4.69) is 5.32 Å². The van der Waals surface area contributed by atoms with Gasteiger partial charge >= 0.3 is 0 Å². The zero-order valence-electron chi connectivity index (χ0n) is 13.4. The molecule has 1 aromatic carbocycles. The van der Waals surface area contributed by atoms with Gasteiger partial charge in [-0.25, -0.2) is 8.42 Å². The summed E-state index contributed by atoms with van der Waals surface area (Å²) in [6, 6.07) is 5.42. The van der Waals surface area contributed by atoms with Crippen LogP contribution in [0, 0.1) is 0 Å². The summed E-state index contributed by atoms with van der Waals surface area (Å²) in [7, 11) is -3.42. The molecular formula is C16H23N3O3S. The normalized spacial score (nSPS) is 20.0. The summed E-state index contributed by atoms with van der Waals surface area (Å²) in [5, 5.41) is 3.17. The predicted octanol–water partition coefficient (Wildman–Crippen LogP) is 0.228. The molecule has 23 heavy (non-hydrogen) atoms. The second kappa shape index (κ2) is 6.59. The number of amides is 1. The fraction of sp³-hybridized carbons (Fsp3) is 0.562. The maximum Gasteiger partial charge on any atom is 0.243 e. The minimum absolute atomic E-state index is 0.0754. The predicted molar refractivity (Wildman–Crippen MR) is 87.7 cm³/mol. The number of rotatable bonds is 2. The summed E-state index contributed by atoms with van der Waals surface area (Å²) in [5.74, 6) is 0.0754. The molecule has 1 amide bonds. The molecule has 0 bridgehead atoms. The molecule has 3 rings (SSSR count). The Morgan fingerprint density at radius 1 is 1.04 bits per heavy atom. The Hall–Kier alpha value is -1.44. The topological polar surface area (TPSA) is 69.7 Å². The maximum atomic E-state index is 12.8. The molecule has 7 heteroatoms. The summed E-state index contributed by atoms with van der Waals surface area (Å²) >= 11 is 0. The van der Waals surface area contributed by atoms with Crippen LogP contribution in [0.2, 0.25) is 0 Å². The minimum Gasteiger partial charge on any atom is -0.342 e. The molecule has 0 aromatic heterocycles. The van der Waals surface area contributed by atoms with E-state index < -0.39 is 10.0 Å². The summed E-state index contributed by atoms with van der Waals surface area (Å²) in [5.41, 5.74) is 2.19. The number of hydrogen-bond acceptors (Lipinski definition) is 4. The molecule has 0 spiro atoms. The molecule has 0 saturated carbocycles. The molecule has 1 fully saturated rings. The summed E-state index contributed by atoms with van der Waals surface area (Å²) in [6.45, 7) is 5.34. The monoisotopic (exact) mass is 337 g/mol. The van der Waals surface area contributed by atoms with Crippen LogP contribution in [-0.4, -0.2) is 62.8 Å². The molecular weight excluding hydrogens is 314 g/mol. The Morgan fingerprint density at radius 3 is 2.35 bits per heavy atom. The standard InChI is InChI=1S/C16H23N3O3S/c1-13(20)18-8-4-14-2-3-16(12-15(14)5-9-18)23(21,22)19-10-6-17-7-11-19/h2-3,12,17H,4-11H2,1H3. The van der Waals surface area contributed by atoms with Gasteiger partial charge in [-0.3, -0.25) is 4.79 Å². The number of piperazine rings is 1. The lowest BCUT2D eigenvalue weighted by Gasteiger charge is -2.26. The first-order valence-electron chi connectivity index (χ1n) is 8.06. The van der Waals surface area contributed by atoms with Crippen LogP contribution in [0.15, 0.2) is 23.1 Å². The summed E-state index contributed by atoms with van der Waals surface area (Å²) < 4.78 is 27.1. The molecule has 6 nitrogen and oxygen atoms in total. The molecule has 0 unspecified atom stereocenters. The van der Waals surface area contributed by atoms with Crippen LogP contribution in [0.1, 0.15) is 18.1 Å². The zero-order valence-corrected chi connectivity index (χ0v) is 14.2. The molecule has 126 valence electrons. The van der Waals surface area contributed by atoms with Gasteiger partial charge in [-0.15, -0.1) is 0 Å². The van der Waals surface area contributed by atoms with Crippen molar-refractivity contribution in [1.82, 2.24) is 14.5 Å². The van der Waals surface area contributed by atoms with E-state index in [0.717, 1.165) is 17.5 Å². The third-order valence-corrected chi connectivity index (χ3v) is 6.53. The number of hydrogen-bond donors (Lipinski definition) is 1. The maximum absolute atomic E-state index is 12.8. The van der Waals surface area contributed by atoms with Crippen LogP contribution in [0.5, 0.6) is 0 Å². The SMILES string of the molecule is CC(=O)N1CCc2ccc(S(=O)(=O)N3CCNCC3)cc2CC1. The highest BCUT2D eigenvalue weighted by Gasteiger charge is 2.27. The van der Waals surface area contributed by atoms with Gasteiger partial charge in [-0.2, -0.15) is 4.31 Å². The van der Waals surface area contributed by atoms with Gasteiger partial charge in [0.05, 0.1) is 4.90 Å². The Labute approximate surface area is 137 Å². The Bertz CT molecular complexity index is 697. The Balaban J connectivity index is 1.85. The molecule has 1 saturated heterocycles. The highest BCUT2D eigenvalue weighted by Crippen LogP contribution is 2.23. The fourth-order valence-corrected chi connectivity index (χ4v) is 4.70. The zero-order chi connectivity index (χ0) is 16.4. The lowest BCUT2D eigenvalue weighted by atomic mass is 10.0. The van der Waals surface area contributed by atoms with E-state index in [1.165, 1.54) is 0 Å². The second-order valence-corrected chi connectivity index (χ2v) is 8.03. The van der Waals surface area contributed by atoms with Crippen molar-refractivity contribution in [3.63, 3.8) is 0 Å². The quantitative estimate of drug-likeness (QED) is 0.839. The van der Waals surface area contributed by atoms with Gasteiger partial charge in [0, 0.05) is 46.2 Å². The van der Waals surface area contributed by atoms with Crippen LogP contribution in [0.25, 0.3) is 0 Å². The molecule has 0 radical (unpaired) electrons. The van der Waals surface area contributed by atoms with Crippen molar-refractivity contribution in [1.29, 1.82) is 0 Å². The van der Waals surface area contributed by atoms with E-state index in [9.17, 15) is 13.2 Å². The van der Waals surface area contributed by atoms with Crippen LogP contribution >= 0.6 is 0 Å². The van der Waals surface area contributed by atoms with Gasteiger partial charge in [0.1, 0.15) is 0 Å². The van der Waals surface area contributed by atoms with Gasteiger partial charge in [0.25, 0.3) is 0 Å². The van der Waals surface area contributed by atoms with Crippen LogP contribution in [-0.2, 0) is 27.7 Å². The highest BCUT2D eigenvalue weighted by molar-refractivity contribution is 7.89. The number of carbonyl (C=O) groups is 1. The summed E-state index contributed by atoms with van der Waals surface area (Å²) in [6.07, 6.45) is 1.49. The molecule has 1 N–H and O–H groups in total. The second-order valence-electron chi connectivity index (χ2n) is 6.09. The van der Waals surface area contributed by atoms with Crippen molar-refractivity contribution in [2.24, 2.45) is 0 Å². The van der Waals surface area contributed by atoms with E-state index in [0.29, 0.717) is 50.6 Å². The van der Waals surface area contributed by atoms with E-state index in [1.807, 2.05) is 11.0 Å². The van der Waals surface area contributed by atoms with Gasteiger partial charge < -0.3 is 10.2 Å². The van der Waals surface area contributed by atoms with Crippen molar-refractivity contribution in [3.05, 3.63) is 29.3 Å². The lowest BCUT2D eigenvalue weighted by Crippen LogP contribution is -2.46. The Kier molecular flexibility index (Phi) is 4.70. The molecule has 0 aliphatic carbocycles. The smallest absolute Gasteiger partial charge is 0.243 e. The van der Waals surface area contributed by atoms with Crippen molar-refractivity contribution in [3.8, 4) is 0 Å². The summed E-state index contributed by atoms with van der Waals surface area (Å²) in [4.78, 5) is 13.7. The number of nitrogens with zero attached hydrogens (tertiary/aromatic N) is 2. The molecule has 1 aromatic rings. The van der Waals surface area contributed by atoms with Crippen molar-refractivity contribution in [2.75, 3.05) is 39.3 Å². The lowest BCUT2D eigenvalue weighted by molar-refractivity contribution is -0.128. The van der Waals surface area contributed by atoms with Gasteiger partial charge in [-0.1, -0.05) is 6.07 Å². The molecule has 2 aliphatic rings. The Morgan fingerprint density at radius 2 is 1.70 bits per heavy atom. The third kappa shape index (κ3) is 3.41. The first kappa shape index (κ1) is 16.4. The van der Waals surface area contributed by atoms with E-state index in [-0.39, 0.29) is 5.91 Å². The minimum atomic E-state index is -3.42. The van der Waals surface area contributed by atoms with Crippen molar-refractivity contribution >= 4 is 15.9 Å². The van der Waals surface area contributed by atoms with Crippen molar-refractivity contribution in [2.45, 2.75) is 24.7 Å². The molecule has 0 atom stereocenters. The first-order chi connectivity index (χ1) is 11.0. The fourth-order valence-electron chi connectivity index (χ4n) is 3.21. The van der Waals surface area contributed by atoms with Gasteiger partial charge in [0.2, 0.25) is 15.9 Å². The van der Waals surface area contributed by atoms with Crippen molar-refractivity contribution < 1.29 is 13.2 Å². The average Bonchev–Trinajstić information content (AvgIpc) is 2.77. The number of sulfonamides is 1. The van der Waals surface area contributed by atoms with E-state index in [1.54, 1.807) is 23.4 Å². The van der Waals surface area contributed by atoms with Gasteiger partial charge in [-0.05, 0) is 36.1 Å². The largest absolute Gasteiger partial charge is 0.342 e. The van der Waals surface area contributed by atoms with Gasteiger partial charge in [0.15, 0.2) is 0 Å².